The number of hydrogen-bond acceptors (Lipinski definition) is 3. The number of carbonyl (C=O) groups excluding carboxylic acids is 1. The van der Waals surface area contributed by atoms with Crippen molar-refractivity contribution in [2.24, 2.45) is 0 Å². The van der Waals surface area contributed by atoms with Gasteiger partial charge in [-0.3, -0.25) is 9.52 Å². The first kappa shape index (κ1) is 18.8. The lowest BCUT2D eigenvalue weighted by Crippen LogP contribution is -2.15. The number of hydrogen-bond donors (Lipinski definition) is 2. The zero-order chi connectivity index (χ0) is 20.4. The highest BCUT2D eigenvalue weighted by molar-refractivity contribution is 7.92. The topological polar surface area (TPSA) is 75.3 Å². The van der Waals surface area contributed by atoms with Gasteiger partial charge in [-0.1, -0.05) is 42.2 Å². The van der Waals surface area contributed by atoms with E-state index in [1.807, 2.05) is 37.3 Å². The van der Waals surface area contributed by atoms with Gasteiger partial charge >= 0.3 is 0 Å². The molecule has 0 fully saturated rings. The first-order valence-electron chi connectivity index (χ1n) is 9.05. The molecule has 0 spiro atoms. The Hall–Kier alpha value is -3.56. The Kier molecular flexibility index (Phi) is 4.83. The Bertz CT molecular complexity index is 1270. The van der Waals surface area contributed by atoms with E-state index >= 15 is 0 Å². The van der Waals surface area contributed by atoms with Gasteiger partial charge in [0.05, 0.1) is 10.6 Å². The van der Waals surface area contributed by atoms with Crippen molar-refractivity contribution in [2.75, 3.05) is 4.72 Å². The fraction of sp³-hybridized carbons (Fsp3) is 0.0870. The van der Waals surface area contributed by atoms with Crippen molar-refractivity contribution < 1.29 is 13.2 Å². The molecule has 1 heterocycles. The van der Waals surface area contributed by atoms with Crippen LogP contribution in [-0.4, -0.2) is 14.3 Å². The normalized spacial score (nSPS) is 12.5. The van der Waals surface area contributed by atoms with E-state index in [0.29, 0.717) is 28.9 Å². The van der Waals surface area contributed by atoms with E-state index in [4.69, 9.17) is 0 Å². The molecule has 1 aliphatic rings. The first-order valence-corrected chi connectivity index (χ1v) is 10.5. The average molecular weight is 402 g/mol. The van der Waals surface area contributed by atoms with Crippen molar-refractivity contribution in [3.63, 3.8) is 0 Å². The van der Waals surface area contributed by atoms with Crippen LogP contribution in [0.1, 0.15) is 32.6 Å². The molecular weight excluding hydrogens is 384 g/mol. The van der Waals surface area contributed by atoms with Gasteiger partial charge in [-0.15, -0.1) is 0 Å². The van der Waals surface area contributed by atoms with Crippen LogP contribution in [0, 0.1) is 18.8 Å². The predicted molar refractivity (Wildman–Crippen MR) is 112 cm³/mol. The SMILES string of the molecule is Cc1ccc2c(c1NS(=O)(=O)c1cccc(C#Cc3ccccc3)c1)CNC2=O. The minimum atomic E-state index is -3.84. The quantitative estimate of drug-likeness (QED) is 0.659. The Morgan fingerprint density at radius 2 is 1.66 bits per heavy atom. The third kappa shape index (κ3) is 3.86. The lowest BCUT2D eigenvalue weighted by molar-refractivity contribution is 0.0965. The molecule has 0 radical (unpaired) electrons. The van der Waals surface area contributed by atoms with Crippen LogP contribution in [0.2, 0.25) is 0 Å². The maximum atomic E-state index is 13.0. The Morgan fingerprint density at radius 3 is 2.45 bits per heavy atom. The van der Waals surface area contributed by atoms with Gasteiger partial charge in [0, 0.05) is 28.8 Å². The number of anilines is 1. The van der Waals surface area contributed by atoms with E-state index in [1.54, 1.807) is 30.3 Å². The van der Waals surface area contributed by atoms with Gasteiger partial charge < -0.3 is 5.32 Å². The molecule has 0 atom stereocenters. The molecule has 1 aliphatic heterocycles. The Morgan fingerprint density at radius 1 is 0.931 bits per heavy atom. The molecule has 1 amide bonds. The van der Waals surface area contributed by atoms with Gasteiger partial charge in [0.25, 0.3) is 15.9 Å². The maximum absolute atomic E-state index is 13.0. The number of benzene rings is 3. The molecule has 6 heteroatoms. The molecule has 0 aromatic heterocycles. The zero-order valence-corrected chi connectivity index (χ0v) is 16.5. The molecule has 2 N–H and O–H groups in total. The van der Waals surface area contributed by atoms with Crippen molar-refractivity contribution in [2.45, 2.75) is 18.4 Å². The van der Waals surface area contributed by atoms with Crippen LogP contribution in [0.5, 0.6) is 0 Å². The average Bonchev–Trinajstić information content (AvgIpc) is 3.10. The molecular formula is C23H18N2O3S. The number of nitrogens with one attached hydrogen (secondary N) is 2. The summed E-state index contributed by atoms with van der Waals surface area (Å²) in [6.45, 7) is 2.11. The number of aryl methyl sites for hydroxylation is 1. The van der Waals surface area contributed by atoms with E-state index in [9.17, 15) is 13.2 Å². The maximum Gasteiger partial charge on any atom is 0.261 e. The molecule has 0 saturated heterocycles. The number of carbonyl (C=O) groups is 1. The third-order valence-corrected chi connectivity index (χ3v) is 6.04. The number of fused-ring (bicyclic) bond motifs is 1. The van der Waals surface area contributed by atoms with Gasteiger partial charge in [0.1, 0.15) is 0 Å². The number of amides is 1. The molecule has 0 saturated carbocycles. The zero-order valence-electron chi connectivity index (χ0n) is 15.7. The summed E-state index contributed by atoms with van der Waals surface area (Å²) in [5.41, 5.74) is 3.81. The van der Waals surface area contributed by atoms with E-state index in [1.165, 1.54) is 6.07 Å². The second kappa shape index (κ2) is 7.46. The molecule has 0 bridgehead atoms. The lowest BCUT2D eigenvalue weighted by Gasteiger charge is -2.14. The number of rotatable bonds is 3. The Balaban J connectivity index is 1.66. The van der Waals surface area contributed by atoms with Crippen molar-refractivity contribution in [1.82, 2.24) is 5.32 Å². The molecule has 29 heavy (non-hydrogen) atoms. The van der Waals surface area contributed by atoms with Crippen LogP contribution in [0.4, 0.5) is 5.69 Å². The summed E-state index contributed by atoms with van der Waals surface area (Å²) < 4.78 is 28.7. The summed E-state index contributed by atoms with van der Waals surface area (Å²) >= 11 is 0. The highest BCUT2D eigenvalue weighted by Gasteiger charge is 2.25. The molecule has 3 aromatic carbocycles. The van der Waals surface area contributed by atoms with Gasteiger partial charge in [-0.2, -0.15) is 0 Å². The fourth-order valence-electron chi connectivity index (χ4n) is 3.17. The molecule has 0 unspecified atom stereocenters. The van der Waals surface area contributed by atoms with Crippen LogP contribution in [0.25, 0.3) is 0 Å². The monoisotopic (exact) mass is 402 g/mol. The molecule has 0 aliphatic carbocycles. The molecule has 3 aromatic rings. The summed E-state index contributed by atoms with van der Waals surface area (Å²) in [4.78, 5) is 12.0. The van der Waals surface area contributed by atoms with Crippen LogP contribution in [0.3, 0.4) is 0 Å². The summed E-state index contributed by atoms with van der Waals surface area (Å²) in [5.74, 6) is 5.83. The minimum absolute atomic E-state index is 0.117. The predicted octanol–water partition coefficient (Wildman–Crippen LogP) is 3.44. The second-order valence-electron chi connectivity index (χ2n) is 6.72. The largest absolute Gasteiger partial charge is 0.348 e. The first-order chi connectivity index (χ1) is 13.9. The molecule has 4 rings (SSSR count). The van der Waals surface area contributed by atoms with Gasteiger partial charge in [0.2, 0.25) is 0 Å². The fourth-order valence-corrected chi connectivity index (χ4v) is 4.38. The van der Waals surface area contributed by atoms with Crippen LogP contribution in [-0.2, 0) is 16.6 Å². The van der Waals surface area contributed by atoms with E-state index in [-0.39, 0.29) is 10.8 Å². The van der Waals surface area contributed by atoms with Crippen LogP contribution in [0.15, 0.2) is 71.6 Å². The van der Waals surface area contributed by atoms with Crippen molar-refractivity contribution in [3.05, 3.63) is 94.5 Å². The van der Waals surface area contributed by atoms with Gasteiger partial charge in [0.15, 0.2) is 0 Å². The lowest BCUT2D eigenvalue weighted by atomic mass is 10.0. The molecule has 5 nitrogen and oxygen atoms in total. The highest BCUT2D eigenvalue weighted by Crippen LogP contribution is 2.30. The number of sulfonamides is 1. The van der Waals surface area contributed by atoms with Crippen LogP contribution < -0.4 is 10.0 Å². The summed E-state index contributed by atoms with van der Waals surface area (Å²) in [6.07, 6.45) is 0. The van der Waals surface area contributed by atoms with Gasteiger partial charge in [-0.25, -0.2) is 8.42 Å². The third-order valence-electron chi connectivity index (χ3n) is 4.70. The second-order valence-corrected chi connectivity index (χ2v) is 8.40. The smallest absolute Gasteiger partial charge is 0.261 e. The highest BCUT2D eigenvalue weighted by atomic mass is 32.2. The Labute approximate surface area is 169 Å². The van der Waals surface area contributed by atoms with Crippen molar-refractivity contribution >= 4 is 21.6 Å². The van der Waals surface area contributed by atoms with Gasteiger partial charge in [-0.05, 0) is 48.9 Å². The minimum Gasteiger partial charge on any atom is -0.348 e. The van der Waals surface area contributed by atoms with Crippen LogP contribution >= 0.6 is 0 Å². The van der Waals surface area contributed by atoms with E-state index in [0.717, 1.165) is 11.1 Å². The standard InChI is InChI=1S/C23H18N2O3S/c1-16-10-13-20-21(15-24-23(20)26)22(16)25-29(27,28)19-9-5-8-18(14-19)12-11-17-6-3-2-4-7-17/h2-10,13-14,25H,15H2,1H3,(H,24,26). The summed E-state index contributed by atoms with van der Waals surface area (Å²) in [5, 5.41) is 2.73. The van der Waals surface area contributed by atoms with E-state index in [2.05, 4.69) is 21.9 Å². The summed E-state index contributed by atoms with van der Waals surface area (Å²) in [7, 11) is -3.84. The molecule has 144 valence electrons. The van der Waals surface area contributed by atoms with Crippen molar-refractivity contribution in [3.8, 4) is 11.8 Å². The summed E-state index contributed by atoms with van der Waals surface area (Å²) in [6, 6.07) is 19.4. The van der Waals surface area contributed by atoms with E-state index < -0.39 is 10.0 Å². The van der Waals surface area contributed by atoms with Crippen molar-refractivity contribution in [1.29, 1.82) is 0 Å².